The van der Waals surface area contributed by atoms with Crippen molar-refractivity contribution in [1.29, 1.82) is 0 Å². The summed E-state index contributed by atoms with van der Waals surface area (Å²) >= 11 is 0. The third-order valence-corrected chi connectivity index (χ3v) is 5.21. The van der Waals surface area contributed by atoms with Crippen LogP contribution in [0.4, 0.5) is 27.5 Å². The minimum Gasteiger partial charge on any atom is -0.381 e. The Morgan fingerprint density at radius 1 is 1.29 bits per heavy atom. The second kappa shape index (κ2) is 9.69. The molecule has 0 spiro atoms. The first kappa shape index (κ1) is 22.4. The summed E-state index contributed by atoms with van der Waals surface area (Å²) in [5.74, 6) is -0.479. The van der Waals surface area contributed by atoms with Gasteiger partial charge in [-0.05, 0) is 37.5 Å². The molecule has 1 aromatic carbocycles. The second-order valence-corrected chi connectivity index (χ2v) is 7.50. The van der Waals surface area contributed by atoms with Crippen molar-refractivity contribution in [2.45, 2.75) is 25.8 Å². The SMILES string of the molecule is CNC(=O)c1cc(C)c(Nc2ncc(N(C)C)c(N(C=O)C3CCOCC3)n2)cc1F. The van der Waals surface area contributed by atoms with E-state index in [9.17, 15) is 14.0 Å². The van der Waals surface area contributed by atoms with Gasteiger partial charge in [-0.25, -0.2) is 9.37 Å². The van der Waals surface area contributed by atoms with Gasteiger partial charge in [-0.15, -0.1) is 0 Å². The first-order chi connectivity index (χ1) is 14.8. The molecule has 0 radical (unpaired) electrons. The molecule has 2 amide bonds. The number of aryl methyl sites for hydroxylation is 1. The molecule has 0 aliphatic carbocycles. The summed E-state index contributed by atoms with van der Waals surface area (Å²) in [6.07, 6.45) is 3.82. The Bertz CT molecular complexity index is 962. The predicted molar refractivity (Wildman–Crippen MR) is 117 cm³/mol. The van der Waals surface area contributed by atoms with Gasteiger partial charge in [-0.3, -0.25) is 14.5 Å². The van der Waals surface area contributed by atoms with Crippen LogP contribution in [-0.2, 0) is 9.53 Å². The zero-order chi connectivity index (χ0) is 22.5. The number of amides is 2. The minimum absolute atomic E-state index is 0.0290. The fourth-order valence-electron chi connectivity index (χ4n) is 3.45. The number of carbonyl (C=O) groups excluding carboxylic acids is 2. The van der Waals surface area contributed by atoms with Crippen LogP contribution >= 0.6 is 0 Å². The van der Waals surface area contributed by atoms with Crippen LogP contribution in [-0.4, -0.2) is 62.7 Å². The van der Waals surface area contributed by atoms with Gasteiger partial charge in [0.1, 0.15) is 5.82 Å². The zero-order valence-corrected chi connectivity index (χ0v) is 18.1. The predicted octanol–water partition coefficient (Wildman–Crippen LogP) is 2.24. The van der Waals surface area contributed by atoms with Gasteiger partial charge in [0.2, 0.25) is 12.4 Å². The van der Waals surface area contributed by atoms with Crippen molar-refractivity contribution in [2.75, 3.05) is 49.5 Å². The molecular weight excluding hydrogens is 403 g/mol. The average Bonchev–Trinajstić information content (AvgIpc) is 2.77. The Morgan fingerprint density at radius 2 is 2.00 bits per heavy atom. The molecule has 0 bridgehead atoms. The number of hydrogen-bond acceptors (Lipinski definition) is 7. The molecule has 2 N–H and O–H groups in total. The molecule has 166 valence electrons. The molecular formula is C21H27FN6O3. The summed E-state index contributed by atoms with van der Waals surface area (Å²) in [6, 6.07) is 2.67. The van der Waals surface area contributed by atoms with E-state index in [0.717, 1.165) is 6.41 Å². The smallest absolute Gasteiger partial charge is 0.254 e. The third kappa shape index (κ3) is 4.91. The summed E-state index contributed by atoms with van der Waals surface area (Å²) in [5, 5.41) is 5.42. The second-order valence-electron chi connectivity index (χ2n) is 7.50. The maximum Gasteiger partial charge on any atom is 0.254 e. The number of aromatic nitrogens is 2. The number of benzene rings is 1. The topological polar surface area (TPSA) is 99.7 Å². The normalized spacial score (nSPS) is 14.1. The van der Waals surface area contributed by atoms with Crippen LogP contribution in [0, 0.1) is 12.7 Å². The standard InChI is InChI=1S/C21H27FN6O3/c1-13-9-15(20(30)23-2)16(22)10-17(13)25-21-24-11-18(27(3)4)19(26-21)28(12-29)14-5-7-31-8-6-14/h9-12,14H,5-8H2,1-4H3,(H,23,30)(H,24,25,26). The lowest BCUT2D eigenvalue weighted by atomic mass is 10.1. The lowest BCUT2D eigenvalue weighted by molar-refractivity contribution is -0.108. The Balaban J connectivity index is 1.96. The Morgan fingerprint density at radius 3 is 2.61 bits per heavy atom. The first-order valence-corrected chi connectivity index (χ1v) is 10.0. The molecule has 1 aliphatic rings. The van der Waals surface area contributed by atoms with E-state index in [2.05, 4.69) is 20.6 Å². The summed E-state index contributed by atoms with van der Waals surface area (Å²) in [5.41, 5.74) is 1.72. The number of nitrogens with one attached hydrogen (secondary N) is 2. The van der Waals surface area contributed by atoms with Crippen LogP contribution in [0.15, 0.2) is 18.3 Å². The van der Waals surface area contributed by atoms with E-state index in [1.54, 1.807) is 18.0 Å². The van der Waals surface area contributed by atoms with Crippen LogP contribution < -0.4 is 20.4 Å². The van der Waals surface area contributed by atoms with Crippen molar-refractivity contribution in [2.24, 2.45) is 0 Å². The lowest BCUT2D eigenvalue weighted by Gasteiger charge is -2.32. The zero-order valence-electron chi connectivity index (χ0n) is 18.1. The molecule has 2 heterocycles. The van der Waals surface area contributed by atoms with Gasteiger partial charge in [0, 0.05) is 46.1 Å². The van der Waals surface area contributed by atoms with E-state index in [1.807, 2.05) is 19.0 Å². The van der Waals surface area contributed by atoms with E-state index in [0.29, 0.717) is 48.8 Å². The highest BCUT2D eigenvalue weighted by molar-refractivity contribution is 5.95. The van der Waals surface area contributed by atoms with E-state index >= 15 is 0 Å². The Labute approximate surface area is 180 Å². The van der Waals surface area contributed by atoms with Crippen molar-refractivity contribution >= 4 is 35.5 Å². The largest absolute Gasteiger partial charge is 0.381 e. The molecule has 1 aliphatic heterocycles. The van der Waals surface area contributed by atoms with E-state index in [4.69, 9.17) is 4.74 Å². The van der Waals surface area contributed by atoms with Crippen molar-refractivity contribution in [1.82, 2.24) is 15.3 Å². The summed E-state index contributed by atoms with van der Waals surface area (Å²) in [6.45, 7) is 2.92. The van der Waals surface area contributed by atoms with Crippen LogP contribution in [0.2, 0.25) is 0 Å². The highest BCUT2D eigenvalue weighted by Gasteiger charge is 2.26. The molecule has 0 atom stereocenters. The summed E-state index contributed by atoms with van der Waals surface area (Å²) in [7, 11) is 5.14. The van der Waals surface area contributed by atoms with Crippen molar-refractivity contribution in [3.05, 3.63) is 35.3 Å². The van der Waals surface area contributed by atoms with Gasteiger partial charge in [0.15, 0.2) is 5.82 Å². The number of carbonyl (C=O) groups is 2. The number of hydrogen-bond donors (Lipinski definition) is 2. The first-order valence-electron chi connectivity index (χ1n) is 10.0. The Hall–Kier alpha value is -3.27. The molecule has 9 nitrogen and oxygen atoms in total. The fourth-order valence-corrected chi connectivity index (χ4v) is 3.45. The van der Waals surface area contributed by atoms with Crippen LogP contribution in [0.5, 0.6) is 0 Å². The molecule has 1 aromatic heterocycles. The maximum absolute atomic E-state index is 14.4. The van der Waals surface area contributed by atoms with Gasteiger partial charge < -0.3 is 20.3 Å². The fraction of sp³-hybridized carbons (Fsp3) is 0.429. The van der Waals surface area contributed by atoms with Gasteiger partial charge in [0.05, 0.1) is 17.4 Å². The molecule has 1 saturated heterocycles. The molecule has 1 fully saturated rings. The average molecular weight is 430 g/mol. The quantitative estimate of drug-likeness (QED) is 0.650. The molecule has 0 saturated carbocycles. The Kier molecular flexibility index (Phi) is 7.01. The summed E-state index contributed by atoms with van der Waals surface area (Å²) < 4.78 is 19.8. The van der Waals surface area contributed by atoms with E-state index in [1.165, 1.54) is 19.2 Å². The number of ether oxygens (including phenoxy) is 1. The number of rotatable bonds is 7. The van der Waals surface area contributed by atoms with Crippen molar-refractivity contribution in [3.63, 3.8) is 0 Å². The third-order valence-electron chi connectivity index (χ3n) is 5.21. The van der Waals surface area contributed by atoms with E-state index < -0.39 is 11.7 Å². The molecule has 2 aromatic rings. The monoisotopic (exact) mass is 430 g/mol. The van der Waals surface area contributed by atoms with E-state index in [-0.39, 0.29) is 17.6 Å². The molecule has 31 heavy (non-hydrogen) atoms. The van der Waals surface area contributed by atoms with Crippen molar-refractivity contribution < 1.29 is 18.7 Å². The van der Waals surface area contributed by atoms with Crippen LogP contribution in [0.1, 0.15) is 28.8 Å². The van der Waals surface area contributed by atoms with Gasteiger partial charge in [0.25, 0.3) is 5.91 Å². The minimum atomic E-state index is -0.658. The highest BCUT2D eigenvalue weighted by atomic mass is 19.1. The summed E-state index contributed by atoms with van der Waals surface area (Å²) in [4.78, 5) is 36.1. The number of nitrogens with zero attached hydrogens (tertiary/aromatic N) is 4. The highest BCUT2D eigenvalue weighted by Crippen LogP contribution is 2.31. The van der Waals surface area contributed by atoms with Crippen LogP contribution in [0.25, 0.3) is 0 Å². The number of halogens is 1. The maximum atomic E-state index is 14.4. The van der Waals surface area contributed by atoms with Gasteiger partial charge >= 0.3 is 0 Å². The van der Waals surface area contributed by atoms with Gasteiger partial charge in [-0.1, -0.05) is 0 Å². The number of anilines is 4. The molecule has 3 rings (SSSR count). The molecule has 10 heteroatoms. The molecule has 0 unspecified atom stereocenters. The van der Waals surface area contributed by atoms with Gasteiger partial charge in [-0.2, -0.15) is 4.98 Å². The van der Waals surface area contributed by atoms with Crippen molar-refractivity contribution in [3.8, 4) is 0 Å². The lowest BCUT2D eigenvalue weighted by Crippen LogP contribution is -2.40. The van der Waals surface area contributed by atoms with Crippen LogP contribution in [0.3, 0.4) is 0 Å².